The van der Waals surface area contributed by atoms with Crippen molar-refractivity contribution >= 4 is 0 Å². The molecule has 3 heterocycles. The van der Waals surface area contributed by atoms with E-state index < -0.39 is 0 Å². The van der Waals surface area contributed by atoms with Crippen molar-refractivity contribution in [2.24, 2.45) is 11.8 Å². The molecular formula is C20H33N3O. The summed E-state index contributed by atoms with van der Waals surface area (Å²) in [5, 5.41) is 3.98. The van der Waals surface area contributed by atoms with Crippen LogP contribution >= 0.6 is 0 Å². The van der Waals surface area contributed by atoms with E-state index in [1.807, 2.05) is 12.3 Å². The second-order valence-corrected chi connectivity index (χ2v) is 7.90. The van der Waals surface area contributed by atoms with Gasteiger partial charge in [0.05, 0.1) is 12.3 Å². The Morgan fingerprint density at radius 3 is 2.79 bits per heavy atom. The monoisotopic (exact) mass is 331 g/mol. The molecule has 3 rings (SSSR count). The highest BCUT2D eigenvalue weighted by atomic mass is 16.5. The van der Waals surface area contributed by atoms with Crippen LogP contribution in [0, 0.1) is 11.8 Å². The van der Waals surface area contributed by atoms with Gasteiger partial charge in [0.2, 0.25) is 0 Å². The first-order valence-electron chi connectivity index (χ1n) is 9.66. The number of hydrogen-bond donors (Lipinski definition) is 1. The smallest absolute Gasteiger partial charge is 0.0543 e. The molecule has 2 atom stereocenters. The maximum Gasteiger partial charge on any atom is 0.0543 e. The highest BCUT2D eigenvalue weighted by Gasteiger charge is 2.29. The summed E-state index contributed by atoms with van der Waals surface area (Å²) in [5.41, 5.74) is 1.19. The summed E-state index contributed by atoms with van der Waals surface area (Å²) in [5.74, 6) is 1.44. The number of ether oxygens (including phenoxy) is 1. The molecular weight excluding hydrogens is 298 g/mol. The summed E-state index contributed by atoms with van der Waals surface area (Å²) in [6.45, 7) is 9.84. The van der Waals surface area contributed by atoms with Crippen molar-refractivity contribution in [1.82, 2.24) is 15.2 Å². The number of likely N-dealkylation sites (tertiary alicyclic amines) is 1. The Morgan fingerprint density at radius 1 is 1.25 bits per heavy atom. The van der Waals surface area contributed by atoms with E-state index in [1.165, 1.54) is 44.5 Å². The van der Waals surface area contributed by atoms with Crippen LogP contribution < -0.4 is 5.32 Å². The lowest BCUT2D eigenvalue weighted by Gasteiger charge is -2.39. The molecule has 0 amide bonds. The maximum absolute atomic E-state index is 5.73. The summed E-state index contributed by atoms with van der Waals surface area (Å²) < 4.78 is 5.73. The minimum atomic E-state index is 0.647. The zero-order valence-corrected chi connectivity index (χ0v) is 15.3. The fraction of sp³-hybridized carbons (Fsp3) is 0.750. The Hall–Kier alpha value is -0.970. The van der Waals surface area contributed by atoms with Gasteiger partial charge in [-0.3, -0.25) is 9.88 Å². The van der Waals surface area contributed by atoms with Gasteiger partial charge in [-0.1, -0.05) is 19.9 Å². The zero-order chi connectivity index (χ0) is 16.8. The Kier molecular flexibility index (Phi) is 6.64. The molecule has 134 valence electrons. The molecule has 2 unspecified atom stereocenters. The lowest BCUT2D eigenvalue weighted by molar-refractivity contribution is 0.0177. The lowest BCUT2D eigenvalue weighted by Crippen LogP contribution is -2.51. The lowest BCUT2D eigenvalue weighted by atomic mass is 9.87. The van der Waals surface area contributed by atoms with Gasteiger partial charge in [-0.25, -0.2) is 0 Å². The van der Waals surface area contributed by atoms with Crippen LogP contribution in [0.4, 0.5) is 0 Å². The van der Waals surface area contributed by atoms with E-state index in [9.17, 15) is 0 Å². The third-order valence-corrected chi connectivity index (χ3v) is 5.40. The van der Waals surface area contributed by atoms with E-state index in [0.29, 0.717) is 18.0 Å². The van der Waals surface area contributed by atoms with E-state index >= 15 is 0 Å². The third kappa shape index (κ3) is 5.27. The fourth-order valence-electron chi connectivity index (χ4n) is 4.14. The van der Waals surface area contributed by atoms with Crippen molar-refractivity contribution < 1.29 is 4.74 Å². The summed E-state index contributed by atoms with van der Waals surface area (Å²) in [6, 6.07) is 7.51. The van der Waals surface area contributed by atoms with Crippen molar-refractivity contribution in [1.29, 1.82) is 0 Å². The summed E-state index contributed by atoms with van der Waals surface area (Å²) in [4.78, 5) is 6.99. The van der Waals surface area contributed by atoms with Gasteiger partial charge < -0.3 is 10.1 Å². The van der Waals surface area contributed by atoms with Crippen molar-refractivity contribution in [3.63, 3.8) is 0 Å². The summed E-state index contributed by atoms with van der Waals surface area (Å²) in [6.07, 6.45) is 6.84. The van der Waals surface area contributed by atoms with Gasteiger partial charge in [0.25, 0.3) is 0 Å². The van der Waals surface area contributed by atoms with E-state index in [4.69, 9.17) is 4.74 Å². The molecule has 2 aliphatic rings. The van der Waals surface area contributed by atoms with Gasteiger partial charge in [0.15, 0.2) is 0 Å². The first-order chi connectivity index (χ1) is 11.7. The number of piperidine rings is 1. The molecule has 0 bridgehead atoms. The van der Waals surface area contributed by atoms with Crippen LogP contribution in [0.5, 0.6) is 0 Å². The molecule has 2 saturated heterocycles. The van der Waals surface area contributed by atoms with Crippen LogP contribution in [-0.4, -0.2) is 48.3 Å². The average Bonchev–Trinajstić information content (AvgIpc) is 2.59. The standard InChI is InChI=1S/C20H33N3O/c1-16(2)13-17-15-24-12-8-20(17)22-18-6-10-23(11-7-18)14-19-5-3-4-9-21-19/h3-5,9,16-18,20,22H,6-8,10-15H2,1-2H3. The summed E-state index contributed by atoms with van der Waals surface area (Å²) in [7, 11) is 0. The van der Waals surface area contributed by atoms with Crippen molar-refractivity contribution in [3.05, 3.63) is 30.1 Å². The van der Waals surface area contributed by atoms with Gasteiger partial charge in [0, 0.05) is 44.5 Å². The molecule has 1 aromatic heterocycles. The van der Waals surface area contributed by atoms with Crippen LogP contribution in [0.25, 0.3) is 0 Å². The Labute approximate surface area is 147 Å². The SMILES string of the molecule is CC(C)CC1COCCC1NC1CCN(Cc2ccccn2)CC1. The molecule has 24 heavy (non-hydrogen) atoms. The van der Waals surface area contributed by atoms with Crippen LogP contribution in [0.2, 0.25) is 0 Å². The number of rotatable bonds is 6. The maximum atomic E-state index is 5.73. The molecule has 1 N–H and O–H groups in total. The molecule has 0 saturated carbocycles. The number of pyridine rings is 1. The van der Waals surface area contributed by atoms with E-state index in [0.717, 1.165) is 25.7 Å². The van der Waals surface area contributed by atoms with Gasteiger partial charge >= 0.3 is 0 Å². The highest BCUT2D eigenvalue weighted by molar-refractivity contribution is 5.03. The minimum absolute atomic E-state index is 0.647. The highest BCUT2D eigenvalue weighted by Crippen LogP contribution is 2.24. The normalized spacial score (nSPS) is 26.8. The first kappa shape index (κ1) is 17.8. The predicted octanol–water partition coefficient (Wildman–Crippen LogP) is 3.09. The molecule has 2 aliphatic heterocycles. The van der Waals surface area contributed by atoms with Crippen LogP contribution in [0.15, 0.2) is 24.4 Å². The molecule has 0 aliphatic carbocycles. The van der Waals surface area contributed by atoms with Crippen molar-refractivity contribution in [3.8, 4) is 0 Å². The molecule has 1 aromatic rings. The Balaban J connectivity index is 1.44. The molecule has 4 nitrogen and oxygen atoms in total. The van der Waals surface area contributed by atoms with E-state index in [-0.39, 0.29) is 0 Å². The average molecular weight is 332 g/mol. The fourth-order valence-corrected chi connectivity index (χ4v) is 4.14. The van der Waals surface area contributed by atoms with Crippen LogP contribution in [0.1, 0.15) is 45.2 Å². The largest absolute Gasteiger partial charge is 0.381 e. The number of aromatic nitrogens is 1. The van der Waals surface area contributed by atoms with Gasteiger partial charge in [-0.05, 0) is 49.7 Å². The Morgan fingerprint density at radius 2 is 2.08 bits per heavy atom. The van der Waals surface area contributed by atoms with E-state index in [1.54, 1.807) is 0 Å². The molecule has 4 heteroatoms. The van der Waals surface area contributed by atoms with Gasteiger partial charge in [0.1, 0.15) is 0 Å². The predicted molar refractivity (Wildman–Crippen MR) is 97.8 cm³/mol. The molecule has 0 radical (unpaired) electrons. The van der Waals surface area contributed by atoms with Crippen molar-refractivity contribution in [2.45, 2.75) is 58.2 Å². The third-order valence-electron chi connectivity index (χ3n) is 5.40. The number of nitrogens with one attached hydrogen (secondary N) is 1. The van der Waals surface area contributed by atoms with Crippen LogP contribution in [0.3, 0.4) is 0 Å². The minimum Gasteiger partial charge on any atom is -0.381 e. The van der Waals surface area contributed by atoms with Crippen molar-refractivity contribution in [2.75, 3.05) is 26.3 Å². The second kappa shape index (κ2) is 8.93. The van der Waals surface area contributed by atoms with Gasteiger partial charge in [-0.2, -0.15) is 0 Å². The number of nitrogens with zero attached hydrogens (tertiary/aromatic N) is 2. The molecule has 0 spiro atoms. The topological polar surface area (TPSA) is 37.4 Å². The molecule has 0 aromatic carbocycles. The summed E-state index contributed by atoms with van der Waals surface area (Å²) >= 11 is 0. The van der Waals surface area contributed by atoms with Gasteiger partial charge in [-0.15, -0.1) is 0 Å². The first-order valence-corrected chi connectivity index (χ1v) is 9.66. The quantitative estimate of drug-likeness (QED) is 0.869. The Bertz CT molecular complexity index is 471. The zero-order valence-electron chi connectivity index (χ0n) is 15.3. The second-order valence-electron chi connectivity index (χ2n) is 7.90. The van der Waals surface area contributed by atoms with Crippen LogP contribution in [-0.2, 0) is 11.3 Å². The number of hydrogen-bond acceptors (Lipinski definition) is 4. The van der Waals surface area contributed by atoms with E-state index in [2.05, 4.69) is 41.2 Å². The molecule has 2 fully saturated rings.